The molecule has 0 saturated carbocycles. The fourth-order valence-electron chi connectivity index (χ4n) is 1.98. The SMILES string of the molecule is CC(C)[C@H](N)C(=O)NCC(=O)N(CCN(C)C)c1ccccc1. The zero-order valence-electron chi connectivity index (χ0n) is 14.5. The number of para-hydroxylation sites is 1. The Kier molecular flexibility index (Phi) is 7.71. The molecule has 0 saturated heterocycles. The smallest absolute Gasteiger partial charge is 0.246 e. The number of carbonyl (C=O) groups is 2. The molecular formula is C17H28N4O2. The van der Waals surface area contributed by atoms with Crippen LogP contribution in [0.3, 0.4) is 0 Å². The Labute approximate surface area is 138 Å². The molecule has 0 heterocycles. The number of anilines is 1. The number of nitrogens with zero attached hydrogens (tertiary/aromatic N) is 2. The van der Waals surface area contributed by atoms with Crippen molar-refractivity contribution >= 4 is 17.5 Å². The van der Waals surface area contributed by atoms with Gasteiger partial charge in [0.1, 0.15) is 0 Å². The second-order valence-electron chi connectivity index (χ2n) is 6.17. The van der Waals surface area contributed by atoms with Gasteiger partial charge >= 0.3 is 0 Å². The van der Waals surface area contributed by atoms with Gasteiger partial charge in [-0.1, -0.05) is 32.0 Å². The van der Waals surface area contributed by atoms with E-state index in [-0.39, 0.29) is 24.3 Å². The first-order valence-electron chi connectivity index (χ1n) is 7.86. The number of likely N-dealkylation sites (N-methyl/N-ethyl adjacent to an activating group) is 1. The van der Waals surface area contributed by atoms with Crippen LogP contribution in [0, 0.1) is 5.92 Å². The van der Waals surface area contributed by atoms with E-state index >= 15 is 0 Å². The van der Waals surface area contributed by atoms with E-state index < -0.39 is 6.04 Å². The van der Waals surface area contributed by atoms with Gasteiger partial charge in [-0.05, 0) is 32.1 Å². The normalized spacial score (nSPS) is 12.3. The second kappa shape index (κ2) is 9.27. The first-order chi connectivity index (χ1) is 10.8. The second-order valence-corrected chi connectivity index (χ2v) is 6.17. The van der Waals surface area contributed by atoms with Gasteiger partial charge in [0.2, 0.25) is 11.8 Å². The summed E-state index contributed by atoms with van der Waals surface area (Å²) >= 11 is 0. The Bertz CT molecular complexity index is 503. The minimum Gasteiger partial charge on any atom is -0.346 e. The van der Waals surface area contributed by atoms with E-state index in [0.29, 0.717) is 6.54 Å². The molecule has 0 aromatic heterocycles. The summed E-state index contributed by atoms with van der Waals surface area (Å²) in [6, 6.07) is 8.85. The molecule has 0 unspecified atom stereocenters. The third kappa shape index (κ3) is 6.38. The molecule has 128 valence electrons. The maximum Gasteiger partial charge on any atom is 0.246 e. The average molecular weight is 320 g/mol. The Hall–Kier alpha value is -1.92. The summed E-state index contributed by atoms with van der Waals surface area (Å²) in [4.78, 5) is 28.1. The number of nitrogens with one attached hydrogen (secondary N) is 1. The van der Waals surface area contributed by atoms with Crippen LogP contribution in [0.25, 0.3) is 0 Å². The van der Waals surface area contributed by atoms with Crippen molar-refractivity contribution in [3.63, 3.8) is 0 Å². The van der Waals surface area contributed by atoms with Gasteiger partial charge < -0.3 is 20.9 Å². The quantitative estimate of drug-likeness (QED) is 0.738. The molecule has 1 aromatic carbocycles. The van der Waals surface area contributed by atoms with Crippen molar-refractivity contribution in [2.75, 3.05) is 38.6 Å². The van der Waals surface area contributed by atoms with E-state index in [9.17, 15) is 9.59 Å². The van der Waals surface area contributed by atoms with E-state index in [1.54, 1.807) is 4.90 Å². The fourth-order valence-corrected chi connectivity index (χ4v) is 1.98. The maximum absolute atomic E-state index is 12.5. The minimum atomic E-state index is -0.602. The zero-order chi connectivity index (χ0) is 17.4. The first kappa shape index (κ1) is 19.1. The number of hydrogen-bond acceptors (Lipinski definition) is 4. The summed E-state index contributed by atoms with van der Waals surface area (Å²) in [6.07, 6.45) is 0. The van der Waals surface area contributed by atoms with E-state index in [2.05, 4.69) is 5.32 Å². The topological polar surface area (TPSA) is 78.7 Å². The summed E-state index contributed by atoms with van der Waals surface area (Å²) in [6.45, 7) is 4.99. The number of rotatable bonds is 8. The number of hydrogen-bond donors (Lipinski definition) is 2. The molecule has 1 atom stereocenters. The third-order valence-electron chi connectivity index (χ3n) is 3.57. The molecular weight excluding hydrogens is 292 g/mol. The molecule has 0 aliphatic carbocycles. The highest BCUT2D eigenvalue weighted by Gasteiger charge is 2.20. The van der Waals surface area contributed by atoms with Gasteiger partial charge in [-0.25, -0.2) is 0 Å². The number of amides is 2. The van der Waals surface area contributed by atoms with Crippen molar-refractivity contribution < 1.29 is 9.59 Å². The lowest BCUT2D eigenvalue weighted by molar-refractivity contribution is -0.126. The minimum absolute atomic E-state index is 0.0315. The molecule has 6 heteroatoms. The van der Waals surface area contributed by atoms with Gasteiger partial charge in [0.05, 0.1) is 12.6 Å². The summed E-state index contributed by atoms with van der Waals surface area (Å²) in [7, 11) is 3.91. The lowest BCUT2D eigenvalue weighted by Crippen LogP contribution is -2.48. The van der Waals surface area contributed by atoms with Crippen LogP contribution in [0.2, 0.25) is 0 Å². The lowest BCUT2D eigenvalue weighted by Gasteiger charge is -2.25. The summed E-state index contributed by atoms with van der Waals surface area (Å²) in [5, 5.41) is 2.63. The van der Waals surface area contributed by atoms with Gasteiger partial charge in [-0.3, -0.25) is 9.59 Å². The van der Waals surface area contributed by atoms with Crippen LogP contribution in [0.15, 0.2) is 30.3 Å². The van der Waals surface area contributed by atoms with E-state index in [1.165, 1.54) is 0 Å². The van der Waals surface area contributed by atoms with Crippen molar-refractivity contribution in [2.24, 2.45) is 11.7 Å². The lowest BCUT2D eigenvalue weighted by atomic mass is 10.1. The first-order valence-corrected chi connectivity index (χ1v) is 7.86. The Balaban J connectivity index is 2.70. The fraction of sp³-hybridized carbons (Fsp3) is 0.529. The molecule has 2 amide bonds. The predicted molar refractivity (Wildman–Crippen MR) is 93.2 cm³/mol. The van der Waals surface area contributed by atoms with Crippen molar-refractivity contribution in [2.45, 2.75) is 19.9 Å². The van der Waals surface area contributed by atoms with Gasteiger partial charge in [-0.2, -0.15) is 0 Å². The van der Waals surface area contributed by atoms with Crippen molar-refractivity contribution in [3.05, 3.63) is 30.3 Å². The van der Waals surface area contributed by atoms with Crippen molar-refractivity contribution in [1.82, 2.24) is 10.2 Å². The number of benzene rings is 1. The van der Waals surface area contributed by atoms with E-state index in [1.807, 2.05) is 63.2 Å². The molecule has 1 rings (SSSR count). The Morgan fingerprint density at radius 2 is 1.74 bits per heavy atom. The molecule has 0 aliphatic heterocycles. The average Bonchev–Trinajstić information content (AvgIpc) is 2.52. The van der Waals surface area contributed by atoms with Crippen LogP contribution in [0.1, 0.15) is 13.8 Å². The van der Waals surface area contributed by atoms with Crippen LogP contribution < -0.4 is 16.0 Å². The summed E-state index contributed by atoms with van der Waals surface area (Å²) < 4.78 is 0. The van der Waals surface area contributed by atoms with Crippen molar-refractivity contribution in [3.8, 4) is 0 Å². The molecule has 3 N–H and O–H groups in total. The van der Waals surface area contributed by atoms with Gasteiger partial charge in [0.15, 0.2) is 0 Å². The molecule has 0 bridgehead atoms. The van der Waals surface area contributed by atoms with Crippen LogP contribution >= 0.6 is 0 Å². The maximum atomic E-state index is 12.5. The molecule has 0 aliphatic rings. The summed E-state index contributed by atoms with van der Waals surface area (Å²) in [5.74, 6) is -0.416. The monoisotopic (exact) mass is 320 g/mol. The van der Waals surface area contributed by atoms with Crippen LogP contribution in [-0.4, -0.2) is 56.5 Å². The highest BCUT2D eigenvalue weighted by Crippen LogP contribution is 2.13. The zero-order valence-corrected chi connectivity index (χ0v) is 14.5. The molecule has 1 aromatic rings. The highest BCUT2D eigenvalue weighted by molar-refractivity contribution is 5.97. The largest absolute Gasteiger partial charge is 0.346 e. The van der Waals surface area contributed by atoms with Crippen LogP contribution in [0.4, 0.5) is 5.69 Å². The van der Waals surface area contributed by atoms with Gasteiger partial charge in [0.25, 0.3) is 0 Å². The molecule has 23 heavy (non-hydrogen) atoms. The van der Waals surface area contributed by atoms with E-state index in [4.69, 9.17) is 5.73 Å². The highest BCUT2D eigenvalue weighted by atomic mass is 16.2. The van der Waals surface area contributed by atoms with Crippen molar-refractivity contribution in [1.29, 1.82) is 0 Å². The molecule has 0 spiro atoms. The molecule has 0 radical (unpaired) electrons. The van der Waals surface area contributed by atoms with Crippen LogP contribution in [-0.2, 0) is 9.59 Å². The molecule has 0 fully saturated rings. The Morgan fingerprint density at radius 3 is 2.26 bits per heavy atom. The standard InChI is InChI=1S/C17H28N4O2/c1-13(2)16(18)17(23)19-12-15(22)21(11-10-20(3)4)14-8-6-5-7-9-14/h5-9,13,16H,10-12,18H2,1-4H3,(H,19,23)/t16-/m0/s1. The van der Waals surface area contributed by atoms with Gasteiger partial charge in [0, 0.05) is 18.8 Å². The third-order valence-corrected chi connectivity index (χ3v) is 3.57. The van der Waals surface area contributed by atoms with Crippen LogP contribution in [0.5, 0.6) is 0 Å². The summed E-state index contributed by atoms with van der Waals surface area (Å²) in [5.41, 5.74) is 6.61. The Morgan fingerprint density at radius 1 is 1.13 bits per heavy atom. The van der Waals surface area contributed by atoms with Gasteiger partial charge in [-0.15, -0.1) is 0 Å². The number of carbonyl (C=O) groups excluding carboxylic acids is 2. The number of nitrogens with two attached hydrogens (primary N) is 1. The van der Waals surface area contributed by atoms with E-state index in [0.717, 1.165) is 12.2 Å². The molecule has 6 nitrogen and oxygen atoms in total. The predicted octanol–water partition coefficient (Wildman–Crippen LogP) is 0.681.